The number of aryl methyl sites for hydroxylation is 1. The average molecular weight is 217 g/mol. The van der Waals surface area contributed by atoms with Gasteiger partial charge in [0.25, 0.3) is 0 Å². The highest BCUT2D eigenvalue weighted by Crippen LogP contribution is 2.29. The molecule has 0 aliphatic heterocycles. The van der Waals surface area contributed by atoms with Crippen molar-refractivity contribution in [3.8, 4) is 0 Å². The van der Waals surface area contributed by atoms with Crippen molar-refractivity contribution < 1.29 is 9.50 Å². The van der Waals surface area contributed by atoms with Gasteiger partial charge >= 0.3 is 0 Å². The smallest absolute Gasteiger partial charge is 0.130 e. The van der Waals surface area contributed by atoms with Gasteiger partial charge in [-0.2, -0.15) is 0 Å². The van der Waals surface area contributed by atoms with Gasteiger partial charge in [-0.15, -0.1) is 0 Å². The number of rotatable bonds is 2. The normalized spacial score (nSPS) is 11.9. The largest absolute Gasteiger partial charge is 0.395 e. The Kier molecular flexibility index (Phi) is 3.17. The molecule has 14 heavy (non-hydrogen) atoms. The maximum Gasteiger partial charge on any atom is 0.130 e. The lowest BCUT2D eigenvalue weighted by molar-refractivity contribution is 0.215. The van der Waals surface area contributed by atoms with Crippen LogP contribution in [0.2, 0.25) is 5.02 Å². The lowest BCUT2D eigenvalue weighted by Gasteiger charge is -2.23. The van der Waals surface area contributed by atoms with Gasteiger partial charge in [-0.3, -0.25) is 0 Å². The van der Waals surface area contributed by atoms with E-state index >= 15 is 0 Å². The first-order chi connectivity index (χ1) is 6.38. The van der Waals surface area contributed by atoms with Crippen LogP contribution in [0, 0.1) is 12.7 Å². The summed E-state index contributed by atoms with van der Waals surface area (Å²) in [7, 11) is 0. The fourth-order valence-electron chi connectivity index (χ4n) is 1.30. The van der Waals surface area contributed by atoms with Gasteiger partial charge in [0, 0.05) is 10.4 Å². The highest BCUT2D eigenvalue weighted by Gasteiger charge is 2.24. The molecule has 78 valence electrons. The van der Waals surface area contributed by atoms with Gasteiger partial charge in [-0.25, -0.2) is 4.39 Å². The van der Waals surface area contributed by atoms with E-state index in [2.05, 4.69) is 0 Å². The van der Waals surface area contributed by atoms with E-state index in [1.807, 2.05) is 0 Å². The molecular weight excluding hydrogens is 203 g/mol. The number of hydrogen-bond acceptors (Lipinski definition) is 1. The maximum atomic E-state index is 13.7. The van der Waals surface area contributed by atoms with Gasteiger partial charge in [0.05, 0.1) is 6.61 Å². The summed E-state index contributed by atoms with van der Waals surface area (Å²) >= 11 is 5.84. The van der Waals surface area contributed by atoms with Gasteiger partial charge < -0.3 is 5.11 Å². The fraction of sp³-hybridized carbons (Fsp3) is 0.455. The molecule has 0 saturated heterocycles. The summed E-state index contributed by atoms with van der Waals surface area (Å²) in [6.07, 6.45) is 0. The van der Waals surface area contributed by atoms with Crippen molar-refractivity contribution >= 4 is 11.6 Å². The molecule has 0 aromatic heterocycles. The first-order valence-electron chi connectivity index (χ1n) is 4.45. The summed E-state index contributed by atoms with van der Waals surface area (Å²) in [5, 5.41) is 9.64. The molecule has 0 radical (unpaired) electrons. The maximum absolute atomic E-state index is 13.7. The summed E-state index contributed by atoms with van der Waals surface area (Å²) in [5.41, 5.74) is 0.374. The standard InChI is InChI=1S/C11H14ClFO/c1-7-4-8(12)5-9(10(7)13)11(2,3)6-14/h4-5,14H,6H2,1-3H3. The topological polar surface area (TPSA) is 20.2 Å². The Morgan fingerprint density at radius 1 is 1.43 bits per heavy atom. The van der Waals surface area contributed by atoms with E-state index in [9.17, 15) is 4.39 Å². The quantitative estimate of drug-likeness (QED) is 0.806. The highest BCUT2D eigenvalue weighted by molar-refractivity contribution is 6.30. The second-order valence-electron chi connectivity index (χ2n) is 4.13. The average Bonchev–Trinajstić information content (AvgIpc) is 2.11. The lowest BCUT2D eigenvalue weighted by atomic mass is 9.84. The van der Waals surface area contributed by atoms with Gasteiger partial charge in [0.2, 0.25) is 0 Å². The van der Waals surface area contributed by atoms with E-state index in [0.717, 1.165) is 0 Å². The summed E-state index contributed by atoms with van der Waals surface area (Å²) in [6, 6.07) is 3.15. The number of halogens is 2. The second-order valence-corrected chi connectivity index (χ2v) is 4.56. The summed E-state index contributed by atoms with van der Waals surface area (Å²) in [6.45, 7) is 5.12. The molecule has 1 nitrogen and oxygen atoms in total. The second kappa shape index (κ2) is 3.87. The number of aliphatic hydroxyl groups is 1. The third-order valence-corrected chi connectivity index (χ3v) is 2.56. The molecule has 1 rings (SSSR count). The Morgan fingerprint density at radius 3 is 2.50 bits per heavy atom. The van der Waals surface area contributed by atoms with Crippen LogP contribution in [-0.2, 0) is 5.41 Å². The number of aliphatic hydroxyl groups excluding tert-OH is 1. The lowest BCUT2D eigenvalue weighted by Crippen LogP contribution is -2.24. The van der Waals surface area contributed by atoms with E-state index in [1.165, 1.54) is 0 Å². The molecule has 1 aromatic carbocycles. The third kappa shape index (κ3) is 2.07. The summed E-state index contributed by atoms with van der Waals surface area (Å²) < 4.78 is 13.7. The zero-order valence-electron chi connectivity index (χ0n) is 8.56. The first-order valence-corrected chi connectivity index (χ1v) is 4.83. The fourth-order valence-corrected chi connectivity index (χ4v) is 1.58. The molecule has 1 aromatic rings. The van der Waals surface area contributed by atoms with Crippen LogP contribution in [-0.4, -0.2) is 11.7 Å². The molecule has 3 heteroatoms. The van der Waals surface area contributed by atoms with Crippen molar-refractivity contribution in [2.75, 3.05) is 6.61 Å². The minimum atomic E-state index is -0.597. The van der Waals surface area contributed by atoms with Crippen molar-refractivity contribution in [1.29, 1.82) is 0 Å². The van der Waals surface area contributed by atoms with Crippen LogP contribution in [0.4, 0.5) is 4.39 Å². The van der Waals surface area contributed by atoms with Crippen molar-refractivity contribution in [2.24, 2.45) is 0 Å². The van der Waals surface area contributed by atoms with Crippen molar-refractivity contribution in [1.82, 2.24) is 0 Å². The first kappa shape index (κ1) is 11.5. The van der Waals surface area contributed by atoms with E-state index in [4.69, 9.17) is 16.7 Å². The molecule has 0 unspecified atom stereocenters. The van der Waals surface area contributed by atoms with Crippen LogP contribution in [0.5, 0.6) is 0 Å². The molecule has 0 atom stereocenters. The third-order valence-electron chi connectivity index (χ3n) is 2.34. The van der Waals surface area contributed by atoms with E-state index < -0.39 is 5.41 Å². The Morgan fingerprint density at radius 2 is 2.00 bits per heavy atom. The monoisotopic (exact) mass is 216 g/mol. The Labute approximate surface area is 88.5 Å². The van der Waals surface area contributed by atoms with E-state index in [1.54, 1.807) is 32.9 Å². The van der Waals surface area contributed by atoms with Crippen LogP contribution in [0.3, 0.4) is 0 Å². The van der Waals surface area contributed by atoms with Gasteiger partial charge in [-0.1, -0.05) is 25.4 Å². The van der Waals surface area contributed by atoms with Crippen molar-refractivity contribution in [3.63, 3.8) is 0 Å². The predicted molar refractivity (Wildman–Crippen MR) is 56.3 cm³/mol. The molecular formula is C11H14ClFO. The van der Waals surface area contributed by atoms with Crippen LogP contribution in [0.15, 0.2) is 12.1 Å². The van der Waals surface area contributed by atoms with Crippen LogP contribution >= 0.6 is 11.6 Å². The minimum absolute atomic E-state index is 0.107. The summed E-state index contributed by atoms with van der Waals surface area (Å²) in [4.78, 5) is 0. The predicted octanol–water partition coefficient (Wildman–Crippen LogP) is 3.06. The Balaban J connectivity index is 3.34. The SMILES string of the molecule is Cc1cc(Cl)cc(C(C)(C)CO)c1F. The van der Waals surface area contributed by atoms with E-state index in [-0.39, 0.29) is 12.4 Å². The zero-order valence-corrected chi connectivity index (χ0v) is 9.32. The molecule has 1 N–H and O–H groups in total. The van der Waals surface area contributed by atoms with Crippen LogP contribution in [0.25, 0.3) is 0 Å². The van der Waals surface area contributed by atoms with Crippen molar-refractivity contribution in [2.45, 2.75) is 26.2 Å². The Hall–Kier alpha value is -0.600. The summed E-state index contributed by atoms with van der Waals surface area (Å²) in [5.74, 6) is -0.284. The Bertz CT molecular complexity index is 347. The van der Waals surface area contributed by atoms with Crippen LogP contribution < -0.4 is 0 Å². The van der Waals surface area contributed by atoms with Crippen molar-refractivity contribution in [3.05, 3.63) is 34.1 Å². The van der Waals surface area contributed by atoms with Gasteiger partial charge in [-0.05, 0) is 30.2 Å². The number of benzene rings is 1. The molecule has 0 saturated carbocycles. The molecule has 0 spiro atoms. The van der Waals surface area contributed by atoms with Gasteiger partial charge in [0.1, 0.15) is 5.82 Å². The molecule has 0 heterocycles. The number of hydrogen-bond donors (Lipinski definition) is 1. The molecule has 0 aliphatic rings. The zero-order chi connectivity index (χ0) is 10.9. The minimum Gasteiger partial charge on any atom is -0.395 e. The molecule has 0 amide bonds. The van der Waals surface area contributed by atoms with Gasteiger partial charge in [0.15, 0.2) is 0 Å². The van der Waals surface area contributed by atoms with Crippen LogP contribution in [0.1, 0.15) is 25.0 Å². The van der Waals surface area contributed by atoms with E-state index in [0.29, 0.717) is 16.1 Å². The molecule has 0 aliphatic carbocycles. The molecule has 0 bridgehead atoms. The highest BCUT2D eigenvalue weighted by atomic mass is 35.5. The molecule has 0 fully saturated rings.